The lowest BCUT2D eigenvalue weighted by Crippen LogP contribution is -2.04. The zero-order valence-corrected chi connectivity index (χ0v) is 9.61. The van der Waals surface area contributed by atoms with Gasteiger partial charge in [0.25, 0.3) is 0 Å². The van der Waals surface area contributed by atoms with Crippen LogP contribution in [0.15, 0.2) is 36.4 Å². The molecule has 1 fully saturated rings. The molecule has 86 valence electrons. The van der Waals surface area contributed by atoms with E-state index in [9.17, 15) is 9.18 Å². The molecule has 0 aromatic heterocycles. The molecular weight excluding hydrogens is 215 g/mol. The SMILES string of the molecule is CC1CC1C(=O)c1ccc(F)c2ccccc12. The normalized spacial score (nSPS) is 22.7. The summed E-state index contributed by atoms with van der Waals surface area (Å²) in [6.45, 7) is 2.08. The standard InChI is InChI=1S/C15H13FO/c1-9-8-13(9)15(17)12-6-7-14(16)11-5-3-2-4-10(11)12/h2-7,9,13H,8H2,1H3. The van der Waals surface area contributed by atoms with Crippen molar-refractivity contribution in [1.82, 2.24) is 0 Å². The first-order valence-electron chi connectivity index (χ1n) is 5.90. The summed E-state index contributed by atoms with van der Waals surface area (Å²) in [5, 5.41) is 1.27. The van der Waals surface area contributed by atoms with Gasteiger partial charge in [-0.15, -0.1) is 0 Å². The zero-order valence-electron chi connectivity index (χ0n) is 9.61. The first kappa shape index (κ1) is 10.5. The molecule has 17 heavy (non-hydrogen) atoms. The number of hydrogen-bond acceptors (Lipinski definition) is 1. The van der Waals surface area contributed by atoms with Gasteiger partial charge in [-0.25, -0.2) is 4.39 Å². The number of fused-ring (bicyclic) bond motifs is 1. The fraction of sp³-hybridized carbons (Fsp3) is 0.267. The van der Waals surface area contributed by atoms with Crippen LogP contribution < -0.4 is 0 Å². The van der Waals surface area contributed by atoms with E-state index in [0.717, 1.165) is 11.8 Å². The maximum Gasteiger partial charge on any atom is 0.166 e. The van der Waals surface area contributed by atoms with E-state index in [4.69, 9.17) is 0 Å². The molecular formula is C15H13FO. The molecule has 0 N–H and O–H groups in total. The predicted molar refractivity (Wildman–Crippen MR) is 65.5 cm³/mol. The number of carbonyl (C=O) groups excluding carboxylic acids is 1. The lowest BCUT2D eigenvalue weighted by atomic mass is 9.98. The quantitative estimate of drug-likeness (QED) is 0.714. The van der Waals surface area contributed by atoms with Crippen molar-refractivity contribution in [2.24, 2.45) is 11.8 Å². The molecule has 1 nitrogen and oxygen atoms in total. The van der Waals surface area contributed by atoms with Crippen LogP contribution in [0.3, 0.4) is 0 Å². The van der Waals surface area contributed by atoms with Crippen molar-refractivity contribution in [1.29, 1.82) is 0 Å². The summed E-state index contributed by atoms with van der Waals surface area (Å²) in [5.41, 5.74) is 0.663. The van der Waals surface area contributed by atoms with Crippen molar-refractivity contribution in [2.75, 3.05) is 0 Å². The fourth-order valence-corrected chi connectivity index (χ4v) is 2.36. The molecule has 0 bridgehead atoms. The van der Waals surface area contributed by atoms with Crippen LogP contribution in [-0.4, -0.2) is 5.78 Å². The largest absolute Gasteiger partial charge is 0.294 e. The van der Waals surface area contributed by atoms with E-state index in [2.05, 4.69) is 6.92 Å². The molecule has 2 aromatic rings. The number of carbonyl (C=O) groups is 1. The van der Waals surface area contributed by atoms with Crippen molar-refractivity contribution in [2.45, 2.75) is 13.3 Å². The summed E-state index contributed by atoms with van der Waals surface area (Å²) in [5.74, 6) is 0.518. The predicted octanol–water partition coefficient (Wildman–Crippen LogP) is 3.82. The Balaban J connectivity index is 2.17. The van der Waals surface area contributed by atoms with Crippen molar-refractivity contribution in [3.05, 3.63) is 47.8 Å². The van der Waals surface area contributed by atoms with Gasteiger partial charge in [0.1, 0.15) is 5.82 Å². The lowest BCUT2D eigenvalue weighted by molar-refractivity contribution is 0.0964. The summed E-state index contributed by atoms with van der Waals surface area (Å²) in [4.78, 5) is 12.2. The smallest absolute Gasteiger partial charge is 0.166 e. The Kier molecular flexibility index (Phi) is 2.25. The Hall–Kier alpha value is -1.70. The molecule has 3 rings (SSSR count). The highest BCUT2D eigenvalue weighted by molar-refractivity contribution is 6.10. The van der Waals surface area contributed by atoms with Gasteiger partial charge in [0.15, 0.2) is 5.78 Å². The second-order valence-electron chi connectivity index (χ2n) is 4.82. The molecule has 1 aliphatic rings. The highest BCUT2D eigenvalue weighted by Gasteiger charge is 2.39. The van der Waals surface area contributed by atoms with E-state index in [1.165, 1.54) is 6.07 Å². The van der Waals surface area contributed by atoms with Crippen LogP contribution in [0.2, 0.25) is 0 Å². The topological polar surface area (TPSA) is 17.1 Å². The monoisotopic (exact) mass is 228 g/mol. The minimum atomic E-state index is -0.263. The van der Waals surface area contributed by atoms with Gasteiger partial charge in [-0.2, -0.15) is 0 Å². The van der Waals surface area contributed by atoms with Crippen LogP contribution in [0.1, 0.15) is 23.7 Å². The van der Waals surface area contributed by atoms with Crippen molar-refractivity contribution >= 4 is 16.6 Å². The van der Waals surface area contributed by atoms with Gasteiger partial charge >= 0.3 is 0 Å². The molecule has 0 heterocycles. The third-order valence-corrected chi connectivity index (χ3v) is 3.58. The Morgan fingerprint density at radius 2 is 1.82 bits per heavy atom. The number of ketones is 1. The molecule has 2 atom stereocenters. The average molecular weight is 228 g/mol. The number of hydrogen-bond donors (Lipinski definition) is 0. The van der Waals surface area contributed by atoms with Crippen LogP contribution in [0.25, 0.3) is 10.8 Å². The summed E-state index contributed by atoms with van der Waals surface area (Å²) in [7, 11) is 0. The minimum absolute atomic E-state index is 0.142. The van der Waals surface area contributed by atoms with E-state index in [1.54, 1.807) is 18.2 Å². The van der Waals surface area contributed by atoms with Crippen LogP contribution >= 0.6 is 0 Å². The molecule has 0 aliphatic heterocycles. The van der Waals surface area contributed by atoms with Gasteiger partial charge in [-0.1, -0.05) is 31.2 Å². The number of Topliss-reactive ketones (excluding diaryl/α,β-unsaturated/α-hetero) is 1. The number of halogens is 1. The van der Waals surface area contributed by atoms with E-state index in [0.29, 0.717) is 16.9 Å². The van der Waals surface area contributed by atoms with Gasteiger partial charge in [0.2, 0.25) is 0 Å². The van der Waals surface area contributed by atoms with Crippen molar-refractivity contribution in [3.63, 3.8) is 0 Å². The second-order valence-corrected chi connectivity index (χ2v) is 4.82. The Labute approximate surface area is 99.3 Å². The van der Waals surface area contributed by atoms with E-state index < -0.39 is 0 Å². The van der Waals surface area contributed by atoms with Gasteiger partial charge < -0.3 is 0 Å². The molecule has 0 spiro atoms. The second kappa shape index (κ2) is 3.66. The first-order chi connectivity index (χ1) is 8.18. The molecule has 2 unspecified atom stereocenters. The minimum Gasteiger partial charge on any atom is -0.294 e. The summed E-state index contributed by atoms with van der Waals surface area (Å²) >= 11 is 0. The Bertz CT molecular complexity index is 603. The molecule has 2 aromatic carbocycles. The molecule has 0 radical (unpaired) electrons. The zero-order chi connectivity index (χ0) is 12.0. The van der Waals surface area contributed by atoms with Crippen LogP contribution in [-0.2, 0) is 0 Å². The van der Waals surface area contributed by atoms with Gasteiger partial charge in [-0.3, -0.25) is 4.79 Å². The van der Waals surface area contributed by atoms with Crippen molar-refractivity contribution < 1.29 is 9.18 Å². The van der Waals surface area contributed by atoms with Gasteiger partial charge in [0, 0.05) is 16.9 Å². The molecule has 0 amide bonds. The molecule has 2 heteroatoms. The van der Waals surface area contributed by atoms with E-state index in [-0.39, 0.29) is 17.5 Å². The first-order valence-corrected chi connectivity index (χ1v) is 5.90. The average Bonchev–Trinajstić information content (AvgIpc) is 3.07. The maximum absolute atomic E-state index is 13.6. The highest BCUT2D eigenvalue weighted by atomic mass is 19.1. The highest BCUT2D eigenvalue weighted by Crippen LogP contribution is 2.41. The van der Waals surface area contributed by atoms with Crippen LogP contribution in [0.4, 0.5) is 4.39 Å². The van der Waals surface area contributed by atoms with Crippen LogP contribution in [0.5, 0.6) is 0 Å². The van der Waals surface area contributed by atoms with Crippen molar-refractivity contribution in [3.8, 4) is 0 Å². The third-order valence-electron chi connectivity index (χ3n) is 3.58. The summed E-state index contributed by atoms with van der Waals surface area (Å²) < 4.78 is 13.6. The van der Waals surface area contributed by atoms with E-state index >= 15 is 0 Å². The number of benzene rings is 2. The van der Waals surface area contributed by atoms with Crippen LogP contribution in [0, 0.1) is 17.7 Å². The summed E-state index contributed by atoms with van der Waals surface area (Å²) in [6, 6.07) is 10.2. The lowest BCUT2D eigenvalue weighted by Gasteiger charge is -2.06. The maximum atomic E-state index is 13.6. The number of rotatable bonds is 2. The third kappa shape index (κ3) is 1.64. The van der Waals surface area contributed by atoms with Gasteiger partial charge in [0.05, 0.1) is 0 Å². The molecule has 1 saturated carbocycles. The Morgan fingerprint density at radius 3 is 2.47 bits per heavy atom. The molecule has 1 aliphatic carbocycles. The fourth-order valence-electron chi connectivity index (χ4n) is 2.36. The Morgan fingerprint density at radius 1 is 1.18 bits per heavy atom. The van der Waals surface area contributed by atoms with E-state index in [1.807, 2.05) is 12.1 Å². The molecule has 0 saturated heterocycles. The summed E-state index contributed by atoms with van der Waals surface area (Å²) in [6.07, 6.45) is 0.963. The van der Waals surface area contributed by atoms with Gasteiger partial charge in [-0.05, 0) is 29.9 Å².